The first-order valence-corrected chi connectivity index (χ1v) is 5.17. The summed E-state index contributed by atoms with van der Waals surface area (Å²) in [6.07, 6.45) is 6.77. The Hall–Kier alpha value is -0.930. The largest absolute Gasteiger partial charge is 0.325 e. The average molecular weight is 191 g/mol. The summed E-state index contributed by atoms with van der Waals surface area (Å²) >= 11 is 0. The molecule has 1 aliphatic rings. The van der Waals surface area contributed by atoms with Crippen molar-refractivity contribution in [2.75, 3.05) is 13.1 Å². The van der Waals surface area contributed by atoms with Crippen molar-refractivity contribution >= 4 is 0 Å². The molecule has 0 atom stereocenters. The number of nitrogens with two attached hydrogens (primary N) is 1. The van der Waals surface area contributed by atoms with Crippen molar-refractivity contribution in [3.8, 4) is 0 Å². The molecule has 1 aliphatic heterocycles. The quantitative estimate of drug-likeness (QED) is 0.723. The Morgan fingerprint density at radius 2 is 1.93 bits per heavy atom. The van der Waals surface area contributed by atoms with Crippen molar-refractivity contribution in [3.05, 3.63) is 30.1 Å². The van der Waals surface area contributed by atoms with Crippen LogP contribution in [0, 0.1) is 0 Å². The molecule has 2 rings (SSSR count). The van der Waals surface area contributed by atoms with E-state index in [0.717, 1.165) is 32.4 Å². The van der Waals surface area contributed by atoms with Crippen LogP contribution in [0.5, 0.6) is 0 Å². The van der Waals surface area contributed by atoms with E-state index < -0.39 is 0 Å². The number of hydrogen-bond donors (Lipinski definition) is 2. The van der Waals surface area contributed by atoms with Gasteiger partial charge >= 0.3 is 0 Å². The molecule has 3 N–H and O–H groups in total. The second-order valence-electron chi connectivity index (χ2n) is 4.14. The Morgan fingerprint density at radius 3 is 2.57 bits per heavy atom. The van der Waals surface area contributed by atoms with Gasteiger partial charge in [-0.3, -0.25) is 4.98 Å². The maximum absolute atomic E-state index is 6.33. The summed E-state index contributed by atoms with van der Waals surface area (Å²) in [7, 11) is 0. The second-order valence-corrected chi connectivity index (χ2v) is 4.14. The third-order valence-corrected chi connectivity index (χ3v) is 2.90. The van der Waals surface area contributed by atoms with E-state index in [0.29, 0.717) is 0 Å². The fourth-order valence-corrected chi connectivity index (χ4v) is 2.01. The van der Waals surface area contributed by atoms with E-state index in [1.54, 1.807) is 0 Å². The van der Waals surface area contributed by atoms with E-state index in [9.17, 15) is 0 Å². The van der Waals surface area contributed by atoms with Crippen LogP contribution in [0.25, 0.3) is 0 Å². The summed E-state index contributed by atoms with van der Waals surface area (Å²) in [4.78, 5) is 4.01. The van der Waals surface area contributed by atoms with Crippen LogP contribution in [0.2, 0.25) is 0 Å². The molecule has 2 heterocycles. The lowest BCUT2D eigenvalue weighted by molar-refractivity contribution is 0.308. The van der Waals surface area contributed by atoms with Gasteiger partial charge in [-0.25, -0.2) is 0 Å². The molecule has 3 nitrogen and oxygen atoms in total. The summed E-state index contributed by atoms with van der Waals surface area (Å²) in [5.41, 5.74) is 7.62. The van der Waals surface area contributed by atoms with Crippen molar-refractivity contribution < 1.29 is 0 Å². The zero-order valence-electron chi connectivity index (χ0n) is 8.37. The number of rotatable bonds is 2. The second kappa shape index (κ2) is 4.07. The first kappa shape index (κ1) is 9.62. The van der Waals surface area contributed by atoms with Gasteiger partial charge in [0.15, 0.2) is 0 Å². The first-order chi connectivity index (χ1) is 6.79. The molecule has 3 heteroatoms. The number of nitrogens with zero attached hydrogens (tertiary/aromatic N) is 1. The van der Waals surface area contributed by atoms with Crippen molar-refractivity contribution in [1.29, 1.82) is 0 Å². The molecule has 0 saturated carbocycles. The Labute approximate surface area is 84.7 Å². The Balaban J connectivity index is 2.02. The lowest BCUT2D eigenvalue weighted by atomic mass is 9.84. The predicted octanol–water partition coefficient (Wildman–Crippen LogP) is 0.705. The van der Waals surface area contributed by atoms with Crippen LogP contribution in [0.15, 0.2) is 24.5 Å². The maximum Gasteiger partial charge on any atom is 0.0270 e. The molecule has 1 aromatic rings. The smallest absolute Gasteiger partial charge is 0.0270 e. The van der Waals surface area contributed by atoms with E-state index >= 15 is 0 Å². The van der Waals surface area contributed by atoms with Crippen molar-refractivity contribution in [2.45, 2.75) is 24.8 Å². The fraction of sp³-hybridized carbons (Fsp3) is 0.545. The van der Waals surface area contributed by atoms with Crippen LogP contribution in [0.3, 0.4) is 0 Å². The number of piperidine rings is 1. The standard InChI is InChI=1S/C11H17N3/c12-11(3-7-14-8-4-11)9-10-1-5-13-6-2-10/h1-2,5-6,14H,3-4,7-9,12H2. The molecule has 0 bridgehead atoms. The summed E-state index contributed by atoms with van der Waals surface area (Å²) in [5.74, 6) is 0. The maximum atomic E-state index is 6.33. The molecular weight excluding hydrogens is 174 g/mol. The normalized spacial score (nSPS) is 20.6. The lowest BCUT2D eigenvalue weighted by Gasteiger charge is -2.34. The molecule has 1 aromatic heterocycles. The third-order valence-electron chi connectivity index (χ3n) is 2.90. The Kier molecular flexibility index (Phi) is 2.79. The summed E-state index contributed by atoms with van der Waals surface area (Å²) in [6.45, 7) is 2.09. The highest BCUT2D eigenvalue weighted by Gasteiger charge is 2.27. The summed E-state index contributed by atoms with van der Waals surface area (Å²) in [6, 6.07) is 4.10. The van der Waals surface area contributed by atoms with Gasteiger partial charge in [0, 0.05) is 17.9 Å². The van der Waals surface area contributed by atoms with E-state index in [1.165, 1.54) is 5.56 Å². The van der Waals surface area contributed by atoms with Crippen LogP contribution in [-0.4, -0.2) is 23.6 Å². The molecule has 0 radical (unpaired) electrons. The summed E-state index contributed by atoms with van der Waals surface area (Å²) in [5, 5.41) is 3.33. The van der Waals surface area contributed by atoms with E-state index in [-0.39, 0.29) is 5.54 Å². The molecular formula is C11H17N3. The zero-order chi connectivity index (χ0) is 9.86. The zero-order valence-corrected chi connectivity index (χ0v) is 8.37. The molecule has 1 fully saturated rings. The van der Waals surface area contributed by atoms with Crippen LogP contribution in [-0.2, 0) is 6.42 Å². The highest BCUT2D eigenvalue weighted by Crippen LogP contribution is 2.20. The summed E-state index contributed by atoms with van der Waals surface area (Å²) < 4.78 is 0. The van der Waals surface area contributed by atoms with E-state index in [1.807, 2.05) is 12.4 Å². The van der Waals surface area contributed by atoms with Gasteiger partial charge < -0.3 is 11.1 Å². The van der Waals surface area contributed by atoms with Crippen LogP contribution in [0.4, 0.5) is 0 Å². The van der Waals surface area contributed by atoms with E-state index in [4.69, 9.17) is 5.73 Å². The lowest BCUT2D eigenvalue weighted by Crippen LogP contribution is -2.50. The average Bonchev–Trinajstić information content (AvgIpc) is 2.19. The van der Waals surface area contributed by atoms with Crippen molar-refractivity contribution in [3.63, 3.8) is 0 Å². The fourth-order valence-electron chi connectivity index (χ4n) is 2.01. The SMILES string of the molecule is NC1(Cc2ccncc2)CCNCC1. The number of aromatic nitrogens is 1. The van der Waals surface area contributed by atoms with Crippen LogP contribution in [0.1, 0.15) is 18.4 Å². The van der Waals surface area contributed by atoms with Gasteiger partial charge in [-0.1, -0.05) is 0 Å². The minimum Gasteiger partial charge on any atom is -0.325 e. The van der Waals surface area contributed by atoms with Crippen molar-refractivity contribution in [1.82, 2.24) is 10.3 Å². The number of pyridine rings is 1. The van der Waals surface area contributed by atoms with E-state index in [2.05, 4.69) is 22.4 Å². The highest BCUT2D eigenvalue weighted by molar-refractivity contribution is 5.14. The number of nitrogens with one attached hydrogen (secondary N) is 1. The van der Waals surface area contributed by atoms with Gasteiger partial charge in [0.2, 0.25) is 0 Å². The molecule has 0 unspecified atom stereocenters. The minimum atomic E-state index is -0.00734. The first-order valence-electron chi connectivity index (χ1n) is 5.17. The molecule has 1 saturated heterocycles. The molecule has 0 aliphatic carbocycles. The van der Waals surface area contributed by atoms with Gasteiger partial charge in [-0.2, -0.15) is 0 Å². The minimum absolute atomic E-state index is 0.00734. The van der Waals surface area contributed by atoms with Gasteiger partial charge in [0.25, 0.3) is 0 Å². The van der Waals surface area contributed by atoms with Crippen LogP contribution >= 0.6 is 0 Å². The van der Waals surface area contributed by atoms with Gasteiger partial charge in [0.1, 0.15) is 0 Å². The van der Waals surface area contributed by atoms with Gasteiger partial charge in [0.05, 0.1) is 0 Å². The Morgan fingerprint density at radius 1 is 1.29 bits per heavy atom. The van der Waals surface area contributed by atoms with Gasteiger partial charge in [-0.05, 0) is 50.0 Å². The van der Waals surface area contributed by atoms with Crippen molar-refractivity contribution in [2.24, 2.45) is 5.73 Å². The Bertz CT molecular complexity index is 278. The predicted molar refractivity (Wildman–Crippen MR) is 57.0 cm³/mol. The molecule has 0 spiro atoms. The number of hydrogen-bond acceptors (Lipinski definition) is 3. The molecule has 14 heavy (non-hydrogen) atoms. The monoisotopic (exact) mass is 191 g/mol. The molecule has 0 amide bonds. The van der Waals surface area contributed by atoms with Crippen LogP contribution < -0.4 is 11.1 Å². The molecule has 0 aromatic carbocycles. The molecule has 76 valence electrons. The third kappa shape index (κ3) is 2.30. The topological polar surface area (TPSA) is 50.9 Å². The van der Waals surface area contributed by atoms with Gasteiger partial charge in [-0.15, -0.1) is 0 Å². The highest BCUT2D eigenvalue weighted by atomic mass is 14.9.